The summed E-state index contributed by atoms with van der Waals surface area (Å²) in [4.78, 5) is 33.8. The lowest BCUT2D eigenvalue weighted by Crippen LogP contribution is -2.44. The minimum atomic E-state index is -0.190. The minimum Gasteiger partial charge on any atom is -0.496 e. The second kappa shape index (κ2) is 12.9. The molecule has 0 radical (unpaired) electrons. The maximum Gasteiger partial charge on any atom is 0.254 e. The van der Waals surface area contributed by atoms with Crippen LogP contribution in [0.5, 0.6) is 5.75 Å². The zero-order valence-electron chi connectivity index (χ0n) is 22.3. The molecule has 1 aromatic heterocycles. The van der Waals surface area contributed by atoms with Gasteiger partial charge in [0.05, 0.1) is 13.7 Å². The first-order chi connectivity index (χ1) is 18.5. The maximum absolute atomic E-state index is 13.8. The number of H-pyrrole nitrogens is 1. The van der Waals surface area contributed by atoms with Crippen molar-refractivity contribution in [2.24, 2.45) is 0 Å². The number of amides is 2. The van der Waals surface area contributed by atoms with Gasteiger partial charge in [-0.2, -0.15) is 0 Å². The lowest BCUT2D eigenvalue weighted by atomic mass is 10.1. The Morgan fingerprint density at radius 2 is 1.58 bits per heavy atom. The Morgan fingerprint density at radius 1 is 0.842 bits per heavy atom. The van der Waals surface area contributed by atoms with E-state index in [9.17, 15) is 9.59 Å². The van der Waals surface area contributed by atoms with Crippen LogP contribution in [0.15, 0.2) is 79.0 Å². The third-order valence-electron chi connectivity index (χ3n) is 6.71. The largest absolute Gasteiger partial charge is 0.496 e. The van der Waals surface area contributed by atoms with E-state index in [-0.39, 0.29) is 18.4 Å². The van der Waals surface area contributed by atoms with Gasteiger partial charge >= 0.3 is 0 Å². The number of aryl methyl sites for hydroxylation is 1. The molecule has 4 rings (SSSR count). The number of methoxy groups -OCH3 is 2. The average Bonchev–Trinajstić information content (AvgIpc) is 3.36. The molecule has 0 atom stereocenters. The molecule has 0 fully saturated rings. The Hall–Kier alpha value is -4.10. The van der Waals surface area contributed by atoms with Crippen LogP contribution in [-0.2, 0) is 22.5 Å². The lowest BCUT2D eigenvalue weighted by molar-refractivity contribution is -0.132. The van der Waals surface area contributed by atoms with E-state index in [0.29, 0.717) is 38.2 Å². The van der Waals surface area contributed by atoms with Crippen molar-refractivity contribution >= 4 is 22.7 Å². The second-order valence-corrected chi connectivity index (χ2v) is 9.32. The molecule has 0 spiro atoms. The standard InChI is InChI=1S/C31H35N3O4/c1-23-12-14-24(15-13-23)31(36)34(18-19-37-2)22-30(35)33(21-26-8-4-7-11-29(26)38-3)17-16-25-20-32-28-10-6-5-9-27(25)28/h4-15,20,32H,16-19,21-22H2,1-3H3. The van der Waals surface area contributed by atoms with Crippen LogP contribution >= 0.6 is 0 Å². The van der Waals surface area contributed by atoms with Gasteiger partial charge < -0.3 is 24.3 Å². The van der Waals surface area contributed by atoms with Gasteiger partial charge in [-0.25, -0.2) is 0 Å². The number of aromatic nitrogens is 1. The van der Waals surface area contributed by atoms with E-state index in [4.69, 9.17) is 9.47 Å². The first-order valence-electron chi connectivity index (χ1n) is 12.8. The van der Waals surface area contributed by atoms with E-state index >= 15 is 0 Å². The Balaban J connectivity index is 1.56. The maximum atomic E-state index is 13.8. The Morgan fingerprint density at radius 3 is 2.34 bits per heavy atom. The summed E-state index contributed by atoms with van der Waals surface area (Å²) < 4.78 is 10.8. The van der Waals surface area contributed by atoms with Crippen LogP contribution in [0.2, 0.25) is 0 Å². The molecule has 3 aromatic carbocycles. The van der Waals surface area contributed by atoms with E-state index in [1.165, 1.54) is 0 Å². The fourth-order valence-corrected chi connectivity index (χ4v) is 4.52. The Kier molecular flexibility index (Phi) is 9.16. The highest BCUT2D eigenvalue weighted by atomic mass is 16.5. The summed E-state index contributed by atoms with van der Waals surface area (Å²) in [7, 11) is 3.22. The summed E-state index contributed by atoms with van der Waals surface area (Å²) in [5.74, 6) is 0.404. The SMILES string of the molecule is COCCN(CC(=O)N(CCc1c[nH]c2ccccc12)Cc1ccccc1OC)C(=O)c1ccc(C)cc1. The molecule has 1 N–H and O–H groups in total. The number of rotatable bonds is 12. The molecule has 0 saturated carbocycles. The fourth-order valence-electron chi connectivity index (χ4n) is 4.52. The molecule has 1 heterocycles. The smallest absolute Gasteiger partial charge is 0.254 e. The number of fused-ring (bicyclic) bond motifs is 1. The van der Waals surface area contributed by atoms with Gasteiger partial charge in [-0.1, -0.05) is 54.1 Å². The van der Waals surface area contributed by atoms with Crippen molar-refractivity contribution < 1.29 is 19.1 Å². The van der Waals surface area contributed by atoms with Crippen LogP contribution in [0.1, 0.15) is 27.0 Å². The number of benzene rings is 3. The molecule has 0 aliphatic rings. The molecule has 7 heteroatoms. The molecule has 0 saturated heterocycles. The van der Waals surface area contributed by atoms with Gasteiger partial charge in [0.1, 0.15) is 12.3 Å². The van der Waals surface area contributed by atoms with Gasteiger partial charge in [0.25, 0.3) is 5.91 Å². The predicted octanol–water partition coefficient (Wildman–Crippen LogP) is 4.85. The number of nitrogens with zero attached hydrogens (tertiary/aromatic N) is 2. The van der Waals surface area contributed by atoms with Gasteiger partial charge in [0.2, 0.25) is 5.91 Å². The minimum absolute atomic E-state index is 0.0426. The Bertz CT molecular complexity index is 1360. The van der Waals surface area contributed by atoms with Crippen molar-refractivity contribution in [3.63, 3.8) is 0 Å². The second-order valence-electron chi connectivity index (χ2n) is 9.32. The van der Waals surface area contributed by atoms with E-state index in [0.717, 1.165) is 33.3 Å². The third kappa shape index (κ3) is 6.61. The number of nitrogens with one attached hydrogen (secondary N) is 1. The number of hydrogen-bond donors (Lipinski definition) is 1. The first-order valence-corrected chi connectivity index (χ1v) is 12.8. The third-order valence-corrected chi connectivity index (χ3v) is 6.71. The zero-order valence-corrected chi connectivity index (χ0v) is 22.3. The molecule has 38 heavy (non-hydrogen) atoms. The topological polar surface area (TPSA) is 74.9 Å². The first kappa shape index (κ1) is 26.9. The number of aromatic amines is 1. The van der Waals surface area contributed by atoms with Crippen LogP contribution < -0.4 is 4.74 Å². The summed E-state index contributed by atoms with van der Waals surface area (Å²) in [6.45, 7) is 3.47. The molecule has 4 aromatic rings. The van der Waals surface area contributed by atoms with Crippen molar-refractivity contribution in [3.05, 3.63) is 101 Å². The molecule has 198 valence electrons. The highest BCUT2D eigenvalue weighted by molar-refractivity contribution is 5.96. The van der Waals surface area contributed by atoms with Gasteiger partial charge in [0.15, 0.2) is 0 Å². The number of hydrogen-bond acceptors (Lipinski definition) is 4. The fraction of sp³-hybridized carbons (Fsp3) is 0.290. The summed E-state index contributed by atoms with van der Waals surface area (Å²) in [6.07, 6.45) is 2.68. The monoisotopic (exact) mass is 513 g/mol. The van der Waals surface area contributed by atoms with Crippen LogP contribution in [-0.4, -0.2) is 67.1 Å². The number of para-hydroxylation sites is 2. The summed E-state index contributed by atoms with van der Waals surface area (Å²) >= 11 is 0. The molecule has 0 bridgehead atoms. The van der Waals surface area contributed by atoms with E-state index in [2.05, 4.69) is 11.1 Å². The van der Waals surface area contributed by atoms with Gasteiger partial charge in [0, 0.05) is 55.0 Å². The lowest BCUT2D eigenvalue weighted by Gasteiger charge is -2.28. The van der Waals surface area contributed by atoms with Crippen LogP contribution in [0.4, 0.5) is 0 Å². The predicted molar refractivity (Wildman–Crippen MR) is 149 cm³/mol. The molecule has 7 nitrogen and oxygen atoms in total. The van der Waals surface area contributed by atoms with Crippen molar-refractivity contribution in [3.8, 4) is 5.75 Å². The summed E-state index contributed by atoms with van der Waals surface area (Å²) in [5.41, 5.74) is 4.75. The highest BCUT2D eigenvalue weighted by Gasteiger charge is 2.23. The number of carbonyl (C=O) groups is 2. The summed E-state index contributed by atoms with van der Waals surface area (Å²) in [5, 5.41) is 1.15. The van der Waals surface area contributed by atoms with Gasteiger partial charge in [-0.15, -0.1) is 0 Å². The van der Waals surface area contributed by atoms with Gasteiger partial charge in [-0.3, -0.25) is 9.59 Å². The molecular formula is C31H35N3O4. The van der Waals surface area contributed by atoms with Crippen LogP contribution in [0.25, 0.3) is 10.9 Å². The van der Waals surface area contributed by atoms with Crippen LogP contribution in [0, 0.1) is 6.92 Å². The van der Waals surface area contributed by atoms with E-state index < -0.39 is 0 Å². The molecule has 0 aliphatic heterocycles. The molecule has 2 amide bonds. The molecular weight excluding hydrogens is 478 g/mol. The average molecular weight is 514 g/mol. The summed E-state index contributed by atoms with van der Waals surface area (Å²) in [6, 6.07) is 23.2. The number of carbonyl (C=O) groups excluding carboxylic acids is 2. The van der Waals surface area contributed by atoms with Crippen molar-refractivity contribution in [2.75, 3.05) is 40.5 Å². The zero-order chi connectivity index (χ0) is 26.9. The van der Waals surface area contributed by atoms with Crippen molar-refractivity contribution in [1.29, 1.82) is 0 Å². The highest BCUT2D eigenvalue weighted by Crippen LogP contribution is 2.22. The van der Waals surface area contributed by atoms with E-state index in [1.807, 2.05) is 72.6 Å². The molecule has 0 unspecified atom stereocenters. The van der Waals surface area contributed by atoms with Crippen LogP contribution in [0.3, 0.4) is 0 Å². The van der Waals surface area contributed by atoms with Crippen molar-refractivity contribution in [2.45, 2.75) is 19.9 Å². The van der Waals surface area contributed by atoms with Gasteiger partial charge in [-0.05, 0) is 43.2 Å². The Labute approximate surface area is 224 Å². The number of ether oxygens (including phenoxy) is 2. The van der Waals surface area contributed by atoms with E-state index in [1.54, 1.807) is 31.3 Å². The molecule has 0 aliphatic carbocycles. The normalized spacial score (nSPS) is 10.9. The van der Waals surface area contributed by atoms with Crippen molar-refractivity contribution in [1.82, 2.24) is 14.8 Å². The quantitative estimate of drug-likeness (QED) is 0.294.